The van der Waals surface area contributed by atoms with Gasteiger partial charge in [0.1, 0.15) is 0 Å². The van der Waals surface area contributed by atoms with Crippen LogP contribution in [0.15, 0.2) is 53.9 Å². The molecule has 0 spiro atoms. The van der Waals surface area contributed by atoms with Crippen molar-refractivity contribution in [3.05, 3.63) is 70.6 Å². The van der Waals surface area contributed by atoms with E-state index in [2.05, 4.69) is 4.72 Å². The molecule has 2 aromatic carbocycles. The van der Waals surface area contributed by atoms with Gasteiger partial charge in [-0.25, -0.2) is 13.1 Å². The molecule has 1 amide bonds. The maximum Gasteiger partial charge on any atom is 0.234 e. The lowest BCUT2D eigenvalue weighted by atomic mass is 9.98. The molecule has 27 heavy (non-hydrogen) atoms. The van der Waals surface area contributed by atoms with Crippen molar-refractivity contribution in [3.8, 4) is 0 Å². The van der Waals surface area contributed by atoms with Gasteiger partial charge in [0.2, 0.25) is 15.9 Å². The second-order valence-corrected chi connectivity index (χ2v) is 8.24. The predicted octanol–water partition coefficient (Wildman–Crippen LogP) is 3.47. The Morgan fingerprint density at radius 3 is 2.63 bits per heavy atom. The molecule has 1 aliphatic heterocycles. The van der Waals surface area contributed by atoms with Gasteiger partial charge in [-0.15, -0.1) is 0 Å². The number of hydrogen-bond acceptors (Lipinski definition) is 3. The lowest BCUT2D eigenvalue weighted by Gasteiger charge is -2.29. The highest BCUT2D eigenvalue weighted by atomic mass is 32.2. The number of benzene rings is 2. The van der Waals surface area contributed by atoms with Crippen LogP contribution < -0.4 is 9.62 Å². The van der Waals surface area contributed by atoms with E-state index in [1.165, 1.54) is 5.41 Å². The number of nitrogens with zero attached hydrogens (tertiary/aromatic N) is 1. The minimum absolute atomic E-state index is 0.156. The molecule has 2 aromatic rings. The first kappa shape index (κ1) is 19.3. The van der Waals surface area contributed by atoms with Crippen LogP contribution in [-0.4, -0.2) is 20.9 Å². The normalized spacial score (nSPS) is 14.6. The third kappa shape index (κ3) is 5.05. The van der Waals surface area contributed by atoms with Crippen molar-refractivity contribution < 1.29 is 13.2 Å². The van der Waals surface area contributed by atoms with Gasteiger partial charge in [0.25, 0.3) is 0 Å². The van der Waals surface area contributed by atoms with Gasteiger partial charge in [-0.2, -0.15) is 0 Å². The number of anilines is 1. The van der Waals surface area contributed by atoms with Gasteiger partial charge in [0.15, 0.2) is 0 Å². The van der Waals surface area contributed by atoms with Gasteiger partial charge < -0.3 is 4.90 Å². The van der Waals surface area contributed by atoms with Crippen LogP contribution in [0.4, 0.5) is 5.69 Å². The molecule has 0 saturated heterocycles. The van der Waals surface area contributed by atoms with Crippen LogP contribution in [-0.2, 0) is 27.8 Å². The topological polar surface area (TPSA) is 66.5 Å². The lowest BCUT2D eigenvalue weighted by Crippen LogP contribution is -2.35. The number of rotatable bonds is 7. The SMILES string of the molecule is CCCN1C(=O)CCc2cc(CNS(=O)(=O)/C=C/c3ccccc3)ccc21. The number of sulfonamides is 1. The molecule has 1 heterocycles. The fraction of sp³-hybridized carbons (Fsp3) is 0.286. The van der Waals surface area contributed by atoms with Crippen LogP contribution in [0.2, 0.25) is 0 Å². The Morgan fingerprint density at radius 2 is 1.89 bits per heavy atom. The second-order valence-electron chi connectivity index (χ2n) is 6.59. The third-order valence-corrected chi connectivity index (χ3v) is 5.55. The van der Waals surface area contributed by atoms with Gasteiger partial charge in [0.05, 0.1) is 0 Å². The minimum Gasteiger partial charge on any atom is -0.312 e. The van der Waals surface area contributed by atoms with E-state index in [0.29, 0.717) is 19.4 Å². The highest BCUT2D eigenvalue weighted by molar-refractivity contribution is 7.92. The standard InChI is InChI=1S/C21H24N2O3S/c1-2-13-23-20-10-8-18(15-19(20)9-11-21(23)24)16-22-27(25,26)14-12-17-6-4-3-5-7-17/h3-8,10,12,14-15,22H,2,9,11,13,16H2,1H3/b14-12+. The van der Waals surface area contributed by atoms with Crippen molar-refractivity contribution in [2.45, 2.75) is 32.7 Å². The van der Waals surface area contributed by atoms with Crippen molar-refractivity contribution in [3.63, 3.8) is 0 Å². The smallest absolute Gasteiger partial charge is 0.234 e. The Morgan fingerprint density at radius 1 is 1.11 bits per heavy atom. The zero-order valence-electron chi connectivity index (χ0n) is 15.4. The average Bonchev–Trinajstić information content (AvgIpc) is 2.68. The Labute approximate surface area is 160 Å². The summed E-state index contributed by atoms with van der Waals surface area (Å²) in [6.07, 6.45) is 3.68. The van der Waals surface area contributed by atoms with Crippen LogP contribution in [0.25, 0.3) is 6.08 Å². The molecule has 0 fully saturated rings. The van der Waals surface area contributed by atoms with Crippen molar-refractivity contribution in [1.29, 1.82) is 0 Å². The summed E-state index contributed by atoms with van der Waals surface area (Å²) in [4.78, 5) is 13.9. The number of carbonyl (C=O) groups is 1. The van der Waals surface area contributed by atoms with E-state index < -0.39 is 10.0 Å². The fourth-order valence-electron chi connectivity index (χ4n) is 3.16. The van der Waals surface area contributed by atoms with Crippen LogP contribution in [0.5, 0.6) is 0 Å². The maximum atomic E-state index is 12.2. The molecular weight excluding hydrogens is 360 g/mol. The van der Waals surface area contributed by atoms with Gasteiger partial charge >= 0.3 is 0 Å². The number of aryl methyl sites for hydroxylation is 1. The number of hydrogen-bond donors (Lipinski definition) is 1. The highest BCUT2D eigenvalue weighted by Gasteiger charge is 2.23. The predicted molar refractivity (Wildman–Crippen MR) is 109 cm³/mol. The van der Waals surface area contributed by atoms with E-state index in [1.807, 2.05) is 60.4 Å². The van der Waals surface area contributed by atoms with Crippen molar-refractivity contribution in [2.75, 3.05) is 11.4 Å². The molecule has 0 saturated carbocycles. The summed E-state index contributed by atoms with van der Waals surface area (Å²) < 4.78 is 27.0. The zero-order chi connectivity index (χ0) is 19.3. The molecule has 0 unspecified atom stereocenters. The first-order chi connectivity index (χ1) is 13.0. The summed E-state index contributed by atoms with van der Waals surface area (Å²) in [5.41, 5.74) is 3.76. The fourth-order valence-corrected chi connectivity index (χ4v) is 3.96. The molecular formula is C21H24N2O3S. The highest BCUT2D eigenvalue weighted by Crippen LogP contribution is 2.29. The molecule has 0 bridgehead atoms. The first-order valence-electron chi connectivity index (χ1n) is 9.13. The monoisotopic (exact) mass is 384 g/mol. The van der Waals surface area contributed by atoms with E-state index in [4.69, 9.17) is 0 Å². The lowest BCUT2D eigenvalue weighted by molar-refractivity contribution is -0.118. The van der Waals surface area contributed by atoms with Crippen molar-refractivity contribution >= 4 is 27.7 Å². The molecule has 0 radical (unpaired) electrons. The summed E-state index contributed by atoms with van der Waals surface area (Å²) in [5, 5.41) is 1.18. The van der Waals surface area contributed by atoms with Crippen molar-refractivity contribution in [1.82, 2.24) is 4.72 Å². The maximum absolute atomic E-state index is 12.2. The van der Waals surface area contributed by atoms with Crippen LogP contribution in [0.1, 0.15) is 36.5 Å². The summed E-state index contributed by atoms with van der Waals surface area (Å²) in [7, 11) is -3.52. The van der Waals surface area contributed by atoms with Gasteiger partial charge in [-0.05, 0) is 41.7 Å². The summed E-state index contributed by atoms with van der Waals surface area (Å²) in [6, 6.07) is 15.1. The van der Waals surface area contributed by atoms with Gasteiger partial charge in [0, 0.05) is 30.6 Å². The Hall–Kier alpha value is -2.44. The van der Waals surface area contributed by atoms with Crippen LogP contribution >= 0.6 is 0 Å². The first-order valence-corrected chi connectivity index (χ1v) is 10.7. The van der Waals surface area contributed by atoms with E-state index in [9.17, 15) is 13.2 Å². The molecule has 1 N–H and O–H groups in total. The van der Waals surface area contributed by atoms with Crippen molar-refractivity contribution in [2.24, 2.45) is 0 Å². The summed E-state index contributed by atoms with van der Waals surface area (Å²) >= 11 is 0. The quantitative estimate of drug-likeness (QED) is 0.795. The second kappa shape index (κ2) is 8.50. The molecule has 0 aliphatic carbocycles. The molecule has 0 aromatic heterocycles. The third-order valence-electron chi connectivity index (χ3n) is 4.51. The molecule has 142 valence electrons. The Balaban J connectivity index is 1.68. The largest absolute Gasteiger partial charge is 0.312 e. The molecule has 1 aliphatic rings. The number of fused-ring (bicyclic) bond motifs is 1. The zero-order valence-corrected chi connectivity index (χ0v) is 16.2. The van der Waals surface area contributed by atoms with E-state index in [0.717, 1.165) is 28.8 Å². The van der Waals surface area contributed by atoms with E-state index >= 15 is 0 Å². The number of nitrogens with one attached hydrogen (secondary N) is 1. The molecule has 3 rings (SSSR count). The number of carbonyl (C=O) groups excluding carboxylic acids is 1. The molecule has 5 nitrogen and oxygen atoms in total. The van der Waals surface area contributed by atoms with E-state index in [-0.39, 0.29) is 12.5 Å². The van der Waals surface area contributed by atoms with Gasteiger partial charge in [-0.3, -0.25) is 4.79 Å². The summed E-state index contributed by atoms with van der Waals surface area (Å²) in [5.74, 6) is 0.156. The van der Waals surface area contributed by atoms with Crippen LogP contribution in [0, 0.1) is 0 Å². The molecule has 0 atom stereocenters. The van der Waals surface area contributed by atoms with Crippen LogP contribution in [0.3, 0.4) is 0 Å². The Kier molecular flexibility index (Phi) is 6.08. The van der Waals surface area contributed by atoms with Gasteiger partial charge in [-0.1, -0.05) is 49.4 Å². The summed E-state index contributed by atoms with van der Waals surface area (Å²) in [6.45, 7) is 2.98. The Bertz CT molecular complexity index is 937. The number of amides is 1. The molecule has 6 heteroatoms. The minimum atomic E-state index is -3.52. The average molecular weight is 385 g/mol. The van der Waals surface area contributed by atoms with E-state index in [1.54, 1.807) is 6.08 Å².